The van der Waals surface area contributed by atoms with Crippen LogP contribution in [0.2, 0.25) is 0 Å². The van der Waals surface area contributed by atoms with Crippen molar-refractivity contribution < 1.29 is 14.7 Å². The van der Waals surface area contributed by atoms with Crippen molar-refractivity contribution in [3.8, 4) is 0 Å². The van der Waals surface area contributed by atoms with E-state index >= 15 is 0 Å². The molecule has 1 heterocycles. The lowest BCUT2D eigenvalue weighted by Crippen LogP contribution is -2.47. The third kappa shape index (κ3) is 2.61. The number of rotatable bonds is 3. The monoisotopic (exact) mass is 214 g/mol. The van der Waals surface area contributed by atoms with Crippen LogP contribution in [-0.2, 0) is 4.79 Å². The molecule has 5 nitrogen and oxygen atoms in total. The molecule has 1 unspecified atom stereocenters. The maximum absolute atomic E-state index is 11.8. The van der Waals surface area contributed by atoms with E-state index in [9.17, 15) is 9.59 Å². The Morgan fingerprint density at radius 1 is 1.40 bits per heavy atom. The quantitative estimate of drug-likeness (QED) is 0.762. The van der Waals surface area contributed by atoms with Crippen LogP contribution in [-0.4, -0.2) is 53.1 Å². The van der Waals surface area contributed by atoms with E-state index in [1.165, 1.54) is 4.90 Å². The van der Waals surface area contributed by atoms with Crippen LogP contribution in [0.1, 0.15) is 26.2 Å². The third-order valence-electron chi connectivity index (χ3n) is 2.82. The smallest absolute Gasteiger partial charge is 0.326 e. The minimum atomic E-state index is -0.937. The predicted octanol–water partition coefficient (Wildman–Crippen LogP) is 0.997. The van der Waals surface area contributed by atoms with Crippen molar-refractivity contribution in [1.82, 2.24) is 9.80 Å². The van der Waals surface area contributed by atoms with Crippen LogP contribution in [0.25, 0.3) is 0 Å². The van der Waals surface area contributed by atoms with Gasteiger partial charge in [0.2, 0.25) is 0 Å². The normalized spacial score (nSPS) is 17.6. The van der Waals surface area contributed by atoms with Gasteiger partial charge in [0.15, 0.2) is 0 Å². The van der Waals surface area contributed by atoms with Gasteiger partial charge in [-0.3, -0.25) is 0 Å². The first-order valence-electron chi connectivity index (χ1n) is 5.32. The number of urea groups is 1. The Kier molecular flexibility index (Phi) is 3.94. The summed E-state index contributed by atoms with van der Waals surface area (Å²) in [5.74, 6) is -0.937. The Bertz CT molecular complexity index is 249. The fourth-order valence-electron chi connectivity index (χ4n) is 1.88. The first-order chi connectivity index (χ1) is 7.07. The van der Waals surface area contributed by atoms with E-state index in [0.29, 0.717) is 6.42 Å². The molecule has 1 saturated heterocycles. The van der Waals surface area contributed by atoms with E-state index in [1.54, 1.807) is 18.9 Å². The van der Waals surface area contributed by atoms with Crippen molar-refractivity contribution >= 4 is 12.0 Å². The molecule has 1 aliphatic heterocycles. The van der Waals surface area contributed by atoms with Crippen LogP contribution in [0.3, 0.4) is 0 Å². The molecule has 1 rings (SSSR count). The highest BCUT2D eigenvalue weighted by Gasteiger charge is 2.29. The standard InChI is InChI=1S/C10H18N2O3/c1-3-8(9(13)14)11(2)10(15)12-6-4-5-7-12/h8H,3-7H2,1-2H3,(H,13,14). The minimum Gasteiger partial charge on any atom is -0.480 e. The van der Waals surface area contributed by atoms with Crippen molar-refractivity contribution in [2.24, 2.45) is 0 Å². The van der Waals surface area contributed by atoms with E-state index < -0.39 is 12.0 Å². The second-order valence-electron chi connectivity index (χ2n) is 3.85. The molecule has 0 aromatic rings. The maximum atomic E-state index is 11.8. The van der Waals surface area contributed by atoms with Crippen molar-refractivity contribution in [3.05, 3.63) is 0 Å². The molecule has 0 radical (unpaired) electrons. The molecule has 0 bridgehead atoms. The number of carbonyl (C=O) groups is 2. The average molecular weight is 214 g/mol. The second-order valence-corrected chi connectivity index (χ2v) is 3.85. The Morgan fingerprint density at radius 2 is 1.93 bits per heavy atom. The van der Waals surface area contributed by atoms with Gasteiger partial charge in [-0.1, -0.05) is 6.92 Å². The van der Waals surface area contributed by atoms with Gasteiger partial charge in [-0.15, -0.1) is 0 Å². The van der Waals surface area contributed by atoms with Crippen LogP contribution in [0.4, 0.5) is 4.79 Å². The number of carboxylic acids is 1. The van der Waals surface area contributed by atoms with Crippen LogP contribution in [0.15, 0.2) is 0 Å². The van der Waals surface area contributed by atoms with Gasteiger partial charge in [-0.05, 0) is 19.3 Å². The summed E-state index contributed by atoms with van der Waals surface area (Å²) >= 11 is 0. The van der Waals surface area contributed by atoms with E-state index in [-0.39, 0.29) is 6.03 Å². The highest BCUT2D eigenvalue weighted by molar-refractivity contribution is 5.82. The van der Waals surface area contributed by atoms with Crippen LogP contribution in [0.5, 0.6) is 0 Å². The number of carboxylic acid groups (broad SMARTS) is 1. The van der Waals surface area contributed by atoms with Crippen molar-refractivity contribution in [1.29, 1.82) is 0 Å². The highest BCUT2D eigenvalue weighted by atomic mass is 16.4. The van der Waals surface area contributed by atoms with Crippen LogP contribution >= 0.6 is 0 Å². The third-order valence-corrected chi connectivity index (χ3v) is 2.82. The second kappa shape index (κ2) is 5.00. The summed E-state index contributed by atoms with van der Waals surface area (Å²) in [6.07, 6.45) is 2.47. The zero-order valence-electron chi connectivity index (χ0n) is 9.27. The fourth-order valence-corrected chi connectivity index (χ4v) is 1.88. The lowest BCUT2D eigenvalue weighted by atomic mass is 10.2. The summed E-state index contributed by atoms with van der Waals surface area (Å²) in [5, 5.41) is 8.92. The van der Waals surface area contributed by atoms with Gasteiger partial charge in [0.05, 0.1) is 0 Å². The molecule has 1 atom stereocenters. The van der Waals surface area contributed by atoms with E-state index in [0.717, 1.165) is 25.9 Å². The number of carbonyl (C=O) groups excluding carboxylic acids is 1. The van der Waals surface area contributed by atoms with Gasteiger partial charge in [-0.2, -0.15) is 0 Å². The van der Waals surface area contributed by atoms with Crippen molar-refractivity contribution in [2.45, 2.75) is 32.2 Å². The molecule has 1 N–H and O–H groups in total. The summed E-state index contributed by atoms with van der Waals surface area (Å²) < 4.78 is 0. The van der Waals surface area contributed by atoms with Gasteiger partial charge >= 0.3 is 12.0 Å². The summed E-state index contributed by atoms with van der Waals surface area (Å²) in [7, 11) is 1.56. The van der Waals surface area contributed by atoms with Gasteiger partial charge < -0.3 is 14.9 Å². The number of hydrogen-bond acceptors (Lipinski definition) is 2. The maximum Gasteiger partial charge on any atom is 0.326 e. The molecular formula is C10H18N2O3. The molecule has 15 heavy (non-hydrogen) atoms. The number of nitrogens with zero attached hydrogens (tertiary/aromatic N) is 2. The highest BCUT2D eigenvalue weighted by Crippen LogP contribution is 2.12. The SMILES string of the molecule is CCC(C(=O)O)N(C)C(=O)N1CCCC1. The minimum absolute atomic E-state index is 0.165. The zero-order valence-corrected chi connectivity index (χ0v) is 9.27. The number of hydrogen-bond donors (Lipinski definition) is 1. The number of likely N-dealkylation sites (N-methyl/N-ethyl adjacent to an activating group) is 1. The van der Waals surface area contributed by atoms with E-state index in [2.05, 4.69) is 0 Å². The van der Waals surface area contributed by atoms with Crippen molar-refractivity contribution in [2.75, 3.05) is 20.1 Å². The average Bonchev–Trinajstić information content (AvgIpc) is 2.69. The Labute approximate surface area is 89.7 Å². The van der Waals surface area contributed by atoms with Crippen LogP contribution in [0, 0.1) is 0 Å². The van der Waals surface area contributed by atoms with Crippen LogP contribution < -0.4 is 0 Å². The Morgan fingerprint density at radius 3 is 2.33 bits per heavy atom. The molecule has 0 aliphatic carbocycles. The largest absolute Gasteiger partial charge is 0.480 e. The first-order valence-corrected chi connectivity index (χ1v) is 5.32. The summed E-state index contributed by atoms with van der Waals surface area (Å²) in [5.41, 5.74) is 0. The molecule has 5 heteroatoms. The van der Waals surface area contributed by atoms with E-state index in [1.807, 2.05) is 0 Å². The first kappa shape index (κ1) is 11.8. The molecular weight excluding hydrogens is 196 g/mol. The summed E-state index contributed by atoms with van der Waals surface area (Å²) in [6, 6.07) is -0.875. The van der Waals surface area contributed by atoms with Gasteiger partial charge in [-0.25, -0.2) is 9.59 Å². The molecule has 2 amide bonds. The van der Waals surface area contributed by atoms with Gasteiger partial charge in [0, 0.05) is 20.1 Å². The van der Waals surface area contributed by atoms with Gasteiger partial charge in [0.1, 0.15) is 6.04 Å². The summed E-state index contributed by atoms with van der Waals surface area (Å²) in [4.78, 5) is 25.8. The lowest BCUT2D eigenvalue weighted by molar-refractivity contribution is -0.142. The number of amides is 2. The molecule has 0 aromatic carbocycles. The lowest BCUT2D eigenvalue weighted by Gasteiger charge is -2.28. The topological polar surface area (TPSA) is 60.9 Å². The molecule has 0 saturated carbocycles. The Hall–Kier alpha value is -1.26. The molecule has 1 fully saturated rings. The van der Waals surface area contributed by atoms with E-state index in [4.69, 9.17) is 5.11 Å². The zero-order chi connectivity index (χ0) is 11.4. The fraction of sp³-hybridized carbons (Fsp3) is 0.800. The number of aliphatic carboxylic acids is 1. The Balaban J connectivity index is 2.60. The number of likely N-dealkylation sites (tertiary alicyclic amines) is 1. The molecule has 86 valence electrons. The predicted molar refractivity (Wildman–Crippen MR) is 55.7 cm³/mol. The molecule has 1 aliphatic rings. The molecule has 0 spiro atoms. The molecule has 0 aromatic heterocycles. The van der Waals surface area contributed by atoms with Crippen molar-refractivity contribution in [3.63, 3.8) is 0 Å². The van der Waals surface area contributed by atoms with Gasteiger partial charge in [0.25, 0.3) is 0 Å². The summed E-state index contributed by atoms with van der Waals surface area (Å²) in [6.45, 7) is 3.27.